The van der Waals surface area contributed by atoms with Crippen molar-refractivity contribution in [2.45, 2.75) is 18.9 Å². The summed E-state index contributed by atoms with van der Waals surface area (Å²) >= 11 is 0. The molecule has 0 radical (unpaired) electrons. The SMILES string of the molecule is CO/C=C/[C@H]1CCCN1C. The third kappa shape index (κ3) is 1.74. The number of likely N-dealkylation sites (N-methyl/N-ethyl adjacent to an activating group) is 1. The Kier molecular flexibility index (Phi) is 2.75. The standard InChI is InChI=1S/C8H15NO/c1-9-6-3-4-8(9)5-7-10-2/h5,7-8H,3-4,6H2,1-2H3/b7-5+/t8-/m1/s1. The summed E-state index contributed by atoms with van der Waals surface area (Å²) in [5, 5.41) is 0. The lowest BCUT2D eigenvalue weighted by molar-refractivity contribution is 0.318. The summed E-state index contributed by atoms with van der Waals surface area (Å²) in [6, 6.07) is 0.611. The maximum atomic E-state index is 4.84. The van der Waals surface area contributed by atoms with Gasteiger partial charge in [-0.1, -0.05) is 0 Å². The van der Waals surface area contributed by atoms with E-state index in [1.807, 2.05) is 0 Å². The molecule has 0 N–H and O–H groups in total. The van der Waals surface area contributed by atoms with Crippen molar-refractivity contribution in [3.05, 3.63) is 12.3 Å². The fraction of sp³-hybridized carbons (Fsp3) is 0.750. The molecule has 1 rings (SSSR count). The molecule has 0 amide bonds. The molecule has 1 saturated heterocycles. The van der Waals surface area contributed by atoms with E-state index in [0.717, 1.165) is 0 Å². The first-order valence-electron chi connectivity index (χ1n) is 3.74. The van der Waals surface area contributed by atoms with Crippen LogP contribution in [0.2, 0.25) is 0 Å². The van der Waals surface area contributed by atoms with Crippen LogP contribution in [0.5, 0.6) is 0 Å². The van der Waals surface area contributed by atoms with Gasteiger partial charge >= 0.3 is 0 Å². The largest absolute Gasteiger partial charge is 0.505 e. The first kappa shape index (κ1) is 7.61. The molecule has 1 atom stereocenters. The van der Waals surface area contributed by atoms with Crippen LogP contribution in [0, 0.1) is 0 Å². The van der Waals surface area contributed by atoms with Gasteiger partial charge in [0.25, 0.3) is 0 Å². The number of methoxy groups -OCH3 is 1. The van der Waals surface area contributed by atoms with Crippen LogP contribution < -0.4 is 0 Å². The fourth-order valence-corrected chi connectivity index (χ4v) is 1.35. The van der Waals surface area contributed by atoms with Crippen molar-refractivity contribution in [2.24, 2.45) is 0 Å². The Bertz CT molecular complexity index is 122. The molecule has 0 aromatic heterocycles. The second kappa shape index (κ2) is 3.62. The quantitative estimate of drug-likeness (QED) is 0.536. The predicted molar refractivity (Wildman–Crippen MR) is 41.8 cm³/mol. The Hall–Kier alpha value is -0.500. The van der Waals surface area contributed by atoms with Crippen LogP contribution in [0.1, 0.15) is 12.8 Å². The monoisotopic (exact) mass is 141 g/mol. The summed E-state index contributed by atoms with van der Waals surface area (Å²) in [6.07, 6.45) is 6.48. The molecule has 1 heterocycles. The molecule has 2 nitrogen and oxygen atoms in total. The second-order valence-electron chi connectivity index (χ2n) is 2.75. The molecule has 10 heavy (non-hydrogen) atoms. The van der Waals surface area contributed by atoms with E-state index in [4.69, 9.17) is 4.74 Å². The Morgan fingerprint density at radius 3 is 2.90 bits per heavy atom. The first-order valence-corrected chi connectivity index (χ1v) is 3.74. The van der Waals surface area contributed by atoms with Crippen LogP contribution in [0.15, 0.2) is 12.3 Å². The summed E-state index contributed by atoms with van der Waals surface area (Å²) < 4.78 is 4.84. The zero-order valence-electron chi connectivity index (χ0n) is 6.71. The van der Waals surface area contributed by atoms with Crippen LogP contribution >= 0.6 is 0 Å². The molecule has 0 unspecified atom stereocenters. The van der Waals surface area contributed by atoms with Gasteiger partial charge < -0.3 is 4.74 Å². The van der Waals surface area contributed by atoms with E-state index < -0.39 is 0 Å². The zero-order valence-corrected chi connectivity index (χ0v) is 6.71. The number of hydrogen-bond donors (Lipinski definition) is 0. The summed E-state index contributed by atoms with van der Waals surface area (Å²) in [4.78, 5) is 2.34. The van der Waals surface area contributed by atoms with Crippen molar-refractivity contribution in [3.8, 4) is 0 Å². The molecule has 1 aliphatic rings. The predicted octanol–water partition coefficient (Wildman–Crippen LogP) is 1.24. The highest BCUT2D eigenvalue weighted by atomic mass is 16.5. The van der Waals surface area contributed by atoms with Crippen molar-refractivity contribution in [1.29, 1.82) is 0 Å². The second-order valence-corrected chi connectivity index (χ2v) is 2.75. The van der Waals surface area contributed by atoms with E-state index in [1.54, 1.807) is 13.4 Å². The van der Waals surface area contributed by atoms with Crippen LogP contribution in [-0.4, -0.2) is 31.6 Å². The highest BCUT2D eigenvalue weighted by Crippen LogP contribution is 2.15. The number of likely N-dealkylation sites (tertiary alicyclic amines) is 1. The molecule has 1 fully saturated rings. The molecule has 1 aliphatic heterocycles. The average molecular weight is 141 g/mol. The van der Waals surface area contributed by atoms with Crippen LogP contribution in [0.4, 0.5) is 0 Å². The maximum Gasteiger partial charge on any atom is 0.0800 e. The molecule has 0 bridgehead atoms. The molecular formula is C8H15NO. The highest BCUT2D eigenvalue weighted by molar-refractivity contribution is 4.93. The number of ether oxygens (including phenoxy) is 1. The normalized spacial score (nSPS) is 28.0. The number of hydrogen-bond acceptors (Lipinski definition) is 2. The van der Waals surface area contributed by atoms with Gasteiger partial charge in [-0.2, -0.15) is 0 Å². The minimum Gasteiger partial charge on any atom is -0.505 e. The van der Waals surface area contributed by atoms with Crippen LogP contribution in [-0.2, 0) is 4.74 Å². The van der Waals surface area contributed by atoms with Gasteiger partial charge in [0.2, 0.25) is 0 Å². The van der Waals surface area contributed by atoms with E-state index in [-0.39, 0.29) is 0 Å². The molecule has 0 spiro atoms. The van der Waals surface area contributed by atoms with E-state index in [9.17, 15) is 0 Å². The molecule has 0 aliphatic carbocycles. The molecule has 0 aromatic carbocycles. The third-order valence-corrected chi connectivity index (χ3v) is 2.01. The number of nitrogens with zero attached hydrogens (tertiary/aromatic N) is 1. The van der Waals surface area contributed by atoms with Gasteiger partial charge in [0.05, 0.1) is 13.4 Å². The van der Waals surface area contributed by atoms with Gasteiger partial charge in [0.1, 0.15) is 0 Å². The van der Waals surface area contributed by atoms with E-state index in [1.165, 1.54) is 19.4 Å². The molecule has 0 aromatic rings. The van der Waals surface area contributed by atoms with Gasteiger partial charge in [-0.15, -0.1) is 0 Å². The molecular weight excluding hydrogens is 126 g/mol. The summed E-state index contributed by atoms with van der Waals surface area (Å²) in [7, 11) is 3.84. The van der Waals surface area contributed by atoms with Gasteiger partial charge in [-0.25, -0.2) is 0 Å². The van der Waals surface area contributed by atoms with Gasteiger partial charge in [0.15, 0.2) is 0 Å². The molecule has 2 heteroatoms. The maximum absolute atomic E-state index is 4.84. The van der Waals surface area contributed by atoms with E-state index in [2.05, 4.69) is 18.0 Å². The Balaban J connectivity index is 2.33. The van der Waals surface area contributed by atoms with Crippen molar-refractivity contribution in [2.75, 3.05) is 20.7 Å². The lowest BCUT2D eigenvalue weighted by Gasteiger charge is -2.14. The van der Waals surface area contributed by atoms with Crippen molar-refractivity contribution in [3.63, 3.8) is 0 Å². The van der Waals surface area contributed by atoms with Crippen molar-refractivity contribution >= 4 is 0 Å². The minimum absolute atomic E-state index is 0.611. The topological polar surface area (TPSA) is 12.5 Å². The Morgan fingerprint density at radius 2 is 2.40 bits per heavy atom. The van der Waals surface area contributed by atoms with E-state index >= 15 is 0 Å². The lowest BCUT2D eigenvalue weighted by atomic mass is 10.2. The summed E-state index contributed by atoms with van der Waals surface area (Å²) in [6.45, 7) is 1.22. The van der Waals surface area contributed by atoms with Gasteiger partial charge in [-0.05, 0) is 32.5 Å². The fourth-order valence-electron chi connectivity index (χ4n) is 1.35. The molecule has 0 saturated carbocycles. The highest BCUT2D eigenvalue weighted by Gasteiger charge is 2.17. The molecule has 58 valence electrons. The van der Waals surface area contributed by atoms with Crippen molar-refractivity contribution in [1.82, 2.24) is 4.90 Å². The minimum atomic E-state index is 0.611. The van der Waals surface area contributed by atoms with Gasteiger partial charge in [0, 0.05) is 6.04 Å². The van der Waals surface area contributed by atoms with Crippen LogP contribution in [0.3, 0.4) is 0 Å². The first-order chi connectivity index (χ1) is 4.84. The average Bonchev–Trinajstić information content (AvgIpc) is 2.31. The summed E-state index contributed by atoms with van der Waals surface area (Å²) in [5.41, 5.74) is 0. The smallest absolute Gasteiger partial charge is 0.0800 e. The van der Waals surface area contributed by atoms with Gasteiger partial charge in [-0.3, -0.25) is 4.90 Å². The Morgan fingerprint density at radius 1 is 1.60 bits per heavy atom. The zero-order chi connectivity index (χ0) is 7.40. The third-order valence-electron chi connectivity index (χ3n) is 2.01. The van der Waals surface area contributed by atoms with Crippen molar-refractivity contribution < 1.29 is 4.74 Å². The summed E-state index contributed by atoms with van der Waals surface area (Å²) in [5.74, 6) is 0. The van der Waals surface area contributed by atoms with Crippen LogP contribution in [0.25, 0.3) is 0 Å². The lowest BCUT2D eigenvalue weighted by Crippen LogP contribution is -2.22. The number of rotatable bonds is 2. The van der Waals surface area contributed by atoms with E-state index in [0.29, 0.717) is 6.04 Å². The Labute approximate surface area is 62.5 Å².